The number of ether oxygens (including phenoxy) is 6. The molecule has 0 unspecified atom stereocenters. The molecule has 0 heterocycles. The first kappa shape index (κ1) is 25.3. The highest BCUT2D eigenvalue weighted by Gasteiger charge is 2.18. The fourth-order valence-electron chi connectivity index (χ4n) is 3.28. The van der Waals surface area contributed by atoms with Crippen molar-refractivity contribution >= 4 is 23.5 Å². The lowest BCUT2D eigenvalue weighted by atomic mass is 10.2. The molecule has 0 saturated carbocycles. The van der Waals surface area contributed by atoms with Gasteiger partial charge in [-0.05, 0) is 36.4 Å². The Morgan fingerprint density at radius 2 is 0.941 bits per heavy atom. The van der Waals surface area contributed by atoms with E-state index >= 15 is 0 Å². The van der Waals surface area contributed by atoms with Crippen molar-refractivity contribution in [3.63, 3.8) is 0 Å². The Hall–Kier alpha value is -3.35. The largest absolute Gasteiger partial charge is 0.493 e. The van der Waals surface area contributed by atoms with Crippen molar-refractivity contribution in [1.82, 2.24) is 0 Å². The van der Waals surface area contributed by atoms with Gasteiger partial charge in [-0.3, -0.25) is 0 Å². The van der Waals surface area contributed by atoms with Gasteiger partial charge in [-0.1, -0.05) is 29.6 Å². The van der Waals surface area contributed by atoms with Crippen molar-refractivity contribution in [2.45, 2.75) is 19.6 Å². The SMILES string of the molecule is COc1cc(Sc2cccc(Sc3cc(OC)c(OC)c(OC)c3)c2C#N)cc(OC)c1OC. The third-order valence-electron chi connectivity index (χ3n) is 4.83. The highest BCUT2D eigenvalue weighted by atomic mass is 32.2. The second-order valence-electron chi connectivity index (χ2n) is 6.67. The Balaban J connectivity index is 2.00. The molecule has 0 radical (unpaired) electrons. The van der Waals surface area contributed by atoms with Crippen molar-refractivity contribution in [2.24, 2.45) is 0 Å². The van der Waals surface area contributed by atoms with Crippen LogP contribution in [0.5, 0.6) is 34.5 Å². The van der Waals surface area contributed by atoms with Crippen LogP contribution in [0.3, 0.4) is 0 Å². The van der Waals surface area contributed by atoms with E-state index in [1.165, 1.54) is 23.5 Å². The molecule has 0 saturated heterocycles. The van der Waals surface area contributed by atoms with Crippen molar-refractivity contribution in [2.75, 3.05) is 42.7 Å². The number of hydrogen-bond donors (Lipinski definition) is 0. The van der Waals surface area contributed by atoms with E-state index in [1.54, 1.807) is 42.7 Å². The van der Waals surface area contributed by atoms with E-state index < -0.39 is 0 Å². The summed E-state index contributed by atoms with van der Waals surface area (Å²) in [6.45, 7) is 0. The number of rotatable bonds is 10. The molecule has 0 bridgehead atoms. The Morgan fingerprint density at radius 3 is 1.21 bits per heavy atom. The molecule has 0 aromatic heterocycles. The van der Waals surface area contributed by atoms with Crippen LogP contribution in [-0.4, -0.2) is 42.7 Å². The van der Waals surface area contributed by atoms with Crippen LogP contribution in [0, 0.1) is 11.3 Å². The molecule has 0 amide bonds. The minimum absolute atomic E-state index is 0.515. The molecule has 3 aromatic rings. The van der Waals surface area contributed by atoms with Crippen LogP contribution < -0.4 is 28.4 Å². The maximum absolute atomic E-state index is 10.0. The molecular weight excluding hydrogens is 474 g/mol. The Bertz CT molecular complexity index is 1070. The summed E-state index contributed by atoms with van der Waals surface area (Å²) in [6, 6.07) is 15.5. The summed E-state index contributed by atoms with van der Waals surface area (Å²) >= 11 is 2.88. The molecular formula is C25H25NO6S2. The molecule has 0 spiro atoms. The second-order valence-corrected chi connectivity index (χ2v) is 8.90. The molecule has 7 nitrogen and oxygen atoms in total. The van der Waals surface area contributed by atoms with E-state index in [2.05, 4.69) is 6.07 Å². The average Bonchev–Trinajstić information content (AvgIpc) is 2.87. The molecule has 9 heteroatoms. The van der Waals surface area contributed by atoms with Crippen LogP contribution in [0.25, 0.3) is 0 Å². The van der Waals surface area contributed by atoms with Crippen LogP contribution in [-0.2, 0) is 0 Å². The minimum atomic E-state index is 0.515. The summed E-state index contributed by atoms with van der Waals surface area (Å²) in [6.07, 6.45) is 0. The van der Waals surface area contributed by atoms with Crippen LogP contribution in [0.15, 0.2) is 62.0 Å². The van der Waals surface area contributed by atoms with Crippen LogP contribution >= 0.6 is 23.5 Å². The van der Waals surface area contributed by atoms with E-state index in [4.69, 9.17) is 28.4 Å². The zero-order valence-electron chi connectivity index (χ0n) is 19.8. The first-order valence-corrected chi connectivity index (χ1v) is 11.7. The molecule has 178 valence electrons. The lowest BCUT2D eigenvalue weighted by molar-refractivity contribution is 0.323. The van der Waals surface area contributed by atoms with Crippen LogP contribution in [0.4, 0.5) is 0 Å². The lowest BCUT2D eigenvalue weighted by Gasteiger charge is -2.15. The third kappa shape index (κ3) is 5.24. The van der Waals surface area contributed by atoms with Gasteiger partial charge in [-0.2, -0.15) is 5.26 Å². The monoisotopic (exact) mass is 499 g/mol. The van der Waals surface area contributed by atoms with E-state index in [0.29, 0.717) is 40.1 Å². The van der Waals surface area contributed by atoms with Crippen molar-refractivity contribution in [3.8, 4) is 40.6 Å². The van der Waals surface area contributed by atoms with E-state index in [9.17, 15) is 5.26 Å². The number of hydrogen-bond acceptors (Lipinski definition) is 9. The topological polar surface area (TPSA) is 79.2 Å². The molecule has 0 aliphatic heterocycles. The highest BCUT2D eigenvalue weighted by molar-refractivity contribution is 8.00. The van der Waals surface area contributed by atoms with Gasteiger partial charge in [0.15, 0.2) is 23.0 Å². The summed E-state index contributed by atoms with van der Waals surface area (Å²) < 4.78 is 32.6. The molecule has 0 N–H and O–H groups in total. The Labute approximate surface area is 207 Å². The summed E-state index contributed by atoms with van der Waals surface area (Å²) in [7, 11) is 9.40. The maximum Gasteiger partial charge on any atom is 0.203 e. The summed E-state index contributed by atoms with van der Waals surface area (Å²) in [5.41, 5.74) is 0.556. The highest BCUT2D eigenvalue weighted by Crippen LogP contribution is 2.46. The predicted molar refractivity (Wildman–Crippen MR) is 132 cm³/mol. The number of nitriles is 1. The van der Waals surface area contributed by atoms with Gasteiger partial charge < -0.3 is 28.4 Å². The van der Waals surface area contributed by atoms with Gasteiger partial charge in [0.05, 0.1) is 48.2 Å². The lowest BCUT2D eigenvalue weighted by Crippen LogP contribution is -1.96. The van der Waals surface area contributed by atoms with E-state index in [1.807, 2.05) is 42.5 Å². The molecule has 3 rings (SSSR count). The zero-order chi connectivity index (χ0) is 24.7. The van der Waals surface area contributed by atoms with Gasteiger partial charge in [-0.25, -0.2) is 0 Å². The van der Waals surface area contributed by atoms with Gasteiger partial charge in [-0.15, -0.1) is 0 Å². The number of benzene rings is 3. The van der Waals surface area contributed by atoms with E-state index in [0.717, 1.165) is 19.6 Å². The van der Waals surface area contributed by atoms with Gasteiger partial charge in [0.25, 0.3) is 0 Å². The molecule has 0 fully saturated rings. The fourth-order valence-corrected chi connectivity index (χ4v) is 5.32. The molecule has 34 heavy (non-hydrogen) atoms. The number of nitrogens with zero attached hydrogens (tertiary/aromatic N) is 1. The minimum Gasteiger partial charge on any atom is -0.493 e. The predicted octanol–water partition coefficient (Wildman–Crippen LogP) is 5.91. The summed E-state index contributed by atoms with van der Waals surface area (Å²) in [5, 5.41) is 10.0. The first-order chi connectivity index (χ1) is 16.5. The number of methoxy groups -OCH3 is 6. The van der Waals surface area contributed by atoms with Crippen LogP contribution in [0.1, 0.15) is 5.56 Å². The summed E-state index contributed by atoms with van der Waals surface area (Å²) in [5.74, 6) is 3.22. The van der Waals surface area contributed by atoms with Gasteiger partial charge in [0.2, 0.25) is 11.5 Å². The zero-order valence-corrected chi connectivity index (χ0v) is 21.4. The van der Waals surface area contributed by atoms with Crippen LogP contribution in [0.2, 0.25) is 0 Å². The van der Waals surface area contributed by atoms with Gasteiger partial charge >= 0.3 is 0 Å². The summed E-state index contributed by atoms with van der Waals surface area (Å²) in [4.78, 5) is 3.30. The average molecular weight is 500 g/mol. The quantitative estimate of drug-likeness (QED) is 0.338. The molecule has 0 atom stereocenters. The smallest absolute Gasteiger partial charge is 0.203 e. The molecule has 0 aliphatic carbocycles. The second kappa shape index (κ2) is 11.7. The van der Waals surface area contributed by atoms with Crippen molar-refractivity contribution < 1.29 is 28.4 Å². The van der Waals surface area contributed by atoms with Crippen molar-refractivity contribution in [3.05, 3.63) is 48.0 Å². The fraction of sp³-hybridized carbons (Fsp3) is 0.240. The van der Waals surface area contributed by atoms with Gasteiger partial charge in [0.1, 0.15) is 6.07 Å². The van der Waals surface area contributed by atoms with Crippen molar-refractivity contribution in [1.29, 1.82) is 5.26 Å². The van der Waals surface area contributed by atoms with E-state index in [-0.39, 0.29) is 0 Å². The maximum atomic E-state index is 10.0. The third-order valence-corrected chi connectivity index (χ3v) is 6.89. The van der Waals surface area contributed by atoms with Gasteiger partial charge in [0, 0.05) is 19.6 Å². The molecule has 3 aromatic carbocycles. The Kier molecular flexibility index (Phi) is 8.68. The normalized spacial score (nSPS) is 10.3. The Morgan fingerprint density at radius 1 is 0.588 bits per heavy atom. The molecule has 0 aliphatic rings. The first-order valence-electron chi connectivity index (χ1n) is 10.0. The standard InChI is InChI=1S/C25H25NO6S2/c1-27-18-10-15(11-19(28-2)24(18)31-5)33-22-8-7-9-23(17(22)14-26)34-16-12-20(29-3)25(32-6)21(13-16)30-4/h7-13H,1-6H3.